The van der Waals surface area contributed by atoms with Gasteiger partial charge in [-0.05, 0) is 20.8 Å². The third-order valence-electron chi connectivity index (χ3n) is 2.80. The van der Waals surface area contributed by atoms with Gasteiger partial charge in [0.2, 0.25) is 0 Å². The van der Waals surface area contributed by atoms with Crippen molar-refractivity contribution in [3.63, 3.8) is 0 Å². The van der Waals surface area contributed by atoms with Crippen LogP contribution in [-0.4, -0.2) is 28.6 Å². The third-order valence-corrected chi connectivity index (χ3v) is 3.56. The second-order valence-electron chi connectivity index (χ2n) is 4.87. The fourth-order valence-electron chi connectivity index (χ4n) is 1.89. The van der Waals surface area contributed by atoms with Crippen LogP contribution < -0.4 is 5.32 Å². The Morgan fingerprint density at radius 1 is 1.53 bits per heavy atom. The van der Waals surface area contributed by atoms with Crippen LogP contribution in [0.25, 0.3) is 4.96 Å². The highest BCUT2D eigenvalue weighted by atomic mass is 32.1. The van der Waals surface area contributed by atoms with Crippen LogP contribution in [-0.2, 0) is 11.3 Å². The SMILES string of the molecule is COCC(C)(C)NCc1c(C)nc2sccn12. The van der Waals surface area contributed by atoms with Gasteiger partial charge in [-0.3, -0.25) is 4.40 Å². The molecule has 0 radical (unpaired) electrons. The Hall–Kier alpha value is -0.910. The molecule has 0 atom stereocenters. The van der Waals surface area contributed by atoms with E-state index < -0.39 is 0 Å². The number of thiazole rings is 1. The number of methoxy groups -OCH3 is 1. The zero-order valence-corrected chi connectivity index (χ0v) is 11.6. The van der Waals surface area contributed by atoms with E-state index in [1.165, 1.54) is 5.69 Å². The average Bonchev–Trinajstić information content (AvgIpc) is 2.75. The predicted octanol–water partition coefficient (Wildman–Crippen LogP) is 2.22. The van der Waals surface area contributed by atoms with Crippen LogP contribution >= 0.6 is 11.3 Å². The van der Waals surface area contributed by atoms with Gasteiger partial charge in [0.1, 0.15) is 0 Å². The van der Waals surface area contributed by atoms with Crippen molar-refractivity contribution in [3.05, 3.63) is 23.0 Å². The molecule has 0 amide bonds. The van der Waals surface area contributed by atoms with E-state index in [9.17, 15) is 0 Å². The summed E-state index contributed by atoms with van der Waals surface area (Å²) >= 11 is 1.67. The molecule has 0 fully saturated rings. The lowest BCUT2D eigenvalue weighted by molar-refractivity contribution is 0.127. The molecule has 0 aliphatic heterocycles. The Labute approximate surface area is 106 Å². The standard InChI is InChI=1S/C12H19N3OS/c1-9-10(7-13-12(2,3)8-16-4)15-5-6-17-11(15)14-9/h5-6,13H,7-8H2,1-4H3. The van der Waals surface area contributed by atoms with Crippen molar-refractivity contribution in [2.45, 2.75) is 32.9 Å². The fraction of sp³-hybridized carbons (Fsp3) is 0.583. The third kappa shape index (κ3) is 2.68. The summed E-state index contributed by atoms with van der Waals surface area (Å²) in [6.45, 7) is 7.83. The lowest BCUT2D eigenvalue weighted by atomic mass is 10.1. The molecule has 0 aromatic carbocycles. The molecule has 0 aliphatic rings. The van der Waals surface area contributed by atoms with E-state index in [2.05, 4.69) is 47.0 Å². The van der Waals surface area contributed by atoms with Gasteiger partial charge < -0.3 is 10.1 Å². The van der Waals surface area contributed by atoms with Gasteiger partial charge in [0.15, 0.2) is 4.96 Å². The van der Waals surface area contributed by atoms with Crippen LogP contribution in [0.1, 0.15) is 25.2 Å². The molecule has 2 rings (SSSR count). The average molecular weight is 253 g/mol. The molecule has 1 N–H and O–H groups in total. The molecule has 2 heterocycles. The summed E-state index contributed by atoms with van der Waals surface area (Å²) in [4.78, 5) is 5.59. The van der Waals surface area contributed by atoms with E-state index in [0.29, 0.717) is 6.61 Å². The zero-order valence-electron chi connectivity index (χ0n) is 10.8. The van der Waals surface area contributed by atoms with E-state index in [1.54, 1.807) is 18.4 Å². The second kappa shape index (κ2) is 4.76. The van der Waals surface area contributed by atoms with E-state index in [-0.39, 0.29) is 5.54 Å². The summed E-state index contributed by atoms with van der Waals surface area (Å²) in [6, 6.07) is 0. The van der Waals surface area contributed by atoms with E-state index in [0.717, 1.165) is 17.2 Å². The molecule has 0 spiro atoms. The first kappa shape index (κ1) is 12.5. The van der Waals surface area contributed by atoms with Gasteiger partial charge in [0.25, 0.3) is 0 Å². The Morgan fingerprint density at radius 3 is 3.00 bits per heavy atom. The minimum absolute atomic E-state index is 0.0264. The molecular formula is C12H19N3OS. The van der Waals surface area contributed by atoms with Crippen molar-refractivity contribution >= 4 is 16.3 Å². The van der Waals surface area contributed by atoms with Crippen LogP contribution in [0, 0.1) is 6.92 Å². The number of fused-ring (bicyclic) bond motifs is 1. The summed E-state index contributed by atoms with van der Waals surface area (Å²) in [6.07, 6.45) is 2.07. The number of nitrogens with one attached hydrogen (secondary N) is 1. The normalized spacial score (nSPS) is 12.5. The van der Waals surface area contributed by atoms with Gasteiger partial charge in [-0.2, -0.15) is 0 Å². The van der Waals surface area contributed by atoms with E-state index >= 15 is 0 Å². The van der Waals surface area contributed by atoms with Gasteiger partial charge in [-0.1, -0.05) is 0 Å². The molecule has 17 heavy (non-hydrogen) atoms. The fourth-order valence-corrected chi connectivity index (χ4v) is 2.67. The quantitative estimate of drug-likeness (QED) is 0.888. The van der Waals surface area contributed by atoms with Gasteiger partial charge >= 0.3 is 0 Å². The highest BCUT2D eigenvalue weighted by Gasteiger charge is 2.18. The Bertz CT molecular complexity index is 501. The number of imidazole rings is 1. The topological polar surface area (TPSA) is 38.6 Å². The van der Waals surface area contributed by atoms with Crippen molar-refractivity contribution in [3.8, 4) is 0 Å². The maximum absolute atomic E-state index is 5.20. The zero-order chi connectivity index (χ0) is 12.5. The highest BCUT2D eigenvalue weighted by molar-refractivity contribution is 7.15. The van der Waals surface area contributed by atoms with Gasteiger partial charge in [-0.15, -0.1) is 11.3 Å². The van der Waals surface area contributed by atoms with E-state index in [4.69, 9.17) is 4.74 Å². The summed E-state index contributed by atoms with van der Waals surface area (Å²) in [5.74, 6) is 0. The predicted molar refractivity (Wildman–Crippen MR) is 70.6 cm³/mol. The van der Waals surface area contributed by atoms with Crippen molar-refractivity contribution in [1.29, 1.82) is 0 Å². The van der Waals surface area contributed by atoms with Crippen LogP contribution in [0.2, 0.25) is 0 Å². The van der Waals surface area contributed by atoms with Crippen LogP contribution in [0.3, 0.4) is 0 Å². The van der Waals surface area contributed by atoms with E-state index in [1.807, 2.05) is 0 Å². The molecule has 2 aromatic rings. The molecule has 0 saturated heterocycles. The minimum atomic E-state index is -0.0264. The molecule has 94 valence electrons. The van der Waals surface area contributed by atoms with Crippen molar-refractivity contribution < 1.29 is 4.74 Å². The minimum Gasteiger partial charge on any atom is -0.383 e. The lowest BCUT2D eigenvalue weighted by Gasteiger charge is -2.25. The highest BCUT2D eigenvalue weighted by Crippen LogP contribution is 2.17. The largest absolute Gasteiger partial charge is 0.383 e. The van der Waals surface area contributed by atoms with Crippen molar-refractivity contribution in [2.24, 2.45) is 0 Å². The number of hydrogen-bond donors (Lipinski definition) is 1. The molecule has 0 aliphatic carbocycles. The summed E-state index contributed by atoms with van der Waals surface area (Å²) in [5.41, 5.74) is 2.30. The first-order chi connectivity index (χ1) is 8.03. The number of ether oxygens (including phenoxy) is 1. The second-order valence-corrected chi connectivity index (χ2v) is 5.74. The number of rotatable bonds is 5. The molecule has 5 heteroatoms. The number of nitrogens with zero attached hydrogens (tertiary/aromatic N) is 2. The van der Waals surface area contributed by atoms with Crippen LogP contribution in [0.15, 0.2) is 11.6 Å². The summed E-state index contributed by atoms with van der Waals surface area (Å²) in [7, 11) is 1.73. The summed E-state index contributed by atoms with van der Waals surface area (Å²) < 4.78 is 7.35. The smallest absolute Gasteiger partial charge is 0.194 e. The van der Waals surface area contributed by atoms with Gasteiger partial charge in [0.05, 0.1) is 18.0 Å². The molecule has 2 aromatic heterocycles. The Morgan fingerprint density at radius 2 is 2.29 bits per heavy atom. The number of hydrogen-bond acceptors (Lipinski definition) is 4. The van der Waals surface area contributed by atoms with Gasteiger partial charge in [-0.25, -0.2) is 4.98 Å². The van der Waals surface area contributed by atoms with Gasteiger partial charge in [0, 0.05) is 30.8 Å². The maximum Gasteiger partial charge on any atom is 0.194 e. The van der Waals surface area contributed by atoms with Crippen molar-refractivity contribution in [2.75, 3.05) is 13.7 Å². The first-order valence-corrected chi connectivity index (χ1v) is 6.56. The molecule has 4 nitrogen and oxygen atoms in total. The molecule has 0 bridgehead atoms. The number of aromatic nitrogens is 2. The molecule has 0 saturated carbocycles. The van der Waals surface area contributed by atoms with Crippen LogP contribution in [0.4, 0.5) is 0 Å². The molecular weight excluding hydrogens is 234 g/mol. The first-order valence-electron chi connectivity index (χ1n) is 5.68. The Kier molecular flexibility index (Phi) is 3.51. The maximum atomic E-state index is 5.20. The van der Waals surface area contributed by atoms with Crippen molar-refractivity contribution in [1.82, 2.24) is 14.7 Å². The lowest BCUT2D eigenvalue weighted by Crippen LogP contribution is -2.43. The molecule has 0 unspecified atom stereocenters. The van der Waals surface area contributed by atoms with Crippen LogP contribution in [0.5, 0.6) is 0 Å². The summed E-state index contributed by atoms with van der Waals surface area (Å²) in [5, 5.41) is 5.56. The Balaban J connectivity index is 2.13. The monoisotopic (exact) mass is 253 g/mol. The number of aryl methyl sites for hydroxylation is 1.